The summed E-state index contributed by atoms with van der Waals surface area (Å²) in [4.78, 5) is 29.5. The lowest BCUT2D eigenvalue weighted by atomic mass is 10.1. The number of rotatable bonds is 3. The summed E-state index contributed by atoms with van der Waals surface area (Å²) in [6.45, 7) is 0.772. The van der Waals surface area contributed by atoms with Crippen LogP contribution in [0.3, 0.4) is 0 Å². The number of nitrogens with zero attached hydrogens (tertiary/aromatic N) is 2. The molecule has 1 aromatic heterocycles. The van der Waals surface area contributed by atoms with Gasteiger partial charge in [-0.05, 0) is 30.7 Å². The normalized spacial score (nSPS) is 13.4. The predicted molar refractivity (Wildman–Crippen MR) is 98.9 cm³/mol. The summed E-state index contributed by atoms with van der Waals surface area (Å²) in [6.07, 6.45) is 0.946. The van der Waals surface area contributed by atoms with Gasteiger partial charge in [0.1, 0.15) is 5.82 Å². The predicted octanol–water partition coefficient (Wildman–Crippen LogP) is 2.96. The molecule has 0 saturated heterocycles. The maximum atomic E-state index is 13.7. The van der Waals surface area contributed by atoms with Gasteiger partial charge < -0.3 is 5.32 Å². The third kappa shape index (κ3) is 3.10. The summed E-state index contributed by atoms with van der Waals surface area (Å²) in [5.41, 5.74) is 1.25. The topological polar surface area (TPSA) is 64.0 Å². The molecule has 4 rings (SSSR count). The molecule has 0 saturated carbocycles. The number of fused-ring (bicyclic) bond motifs is 2. The molecule has 0 radical (unpaired) electrons. The number of nitrogens with one attached hydrogen (secondary N) is 1. The van der Waals surface area contributed by atoms with Gasteiger partial charge in [0.2, 0.25) is 0 Å². The molecule has 132 valence electrons. The van der Waals surface area contributed by atoms with Crippen LogP contribution in [0.25, 0.3) is 10.9 Å². The number of thioether (sulfide) groups is 1. The molecule has 2 aromatic carbocycles. The number of carbonyl (C=O) groups is 1. The zero-order valence-electron chi connectivity index (χ0n) is 13.9. The van der Waals surface area contributed by atoms with Crippen LogP contribution in [-0.2, 0) is 13.1 Å². The largest absolute Gasteiger partial charge is 0.348 e. The van der Waals surface area contributed by atoms with Gasteiger partial charge in [0.05, 0.1) is 10.9 Å². The quantitative estimate of drug-likeness (QED) is 0.721. The van der Waals surface area contributed by atoms with E-state index in [1.807, 2.05) is 0 Å². The number of halogens is 1. The molecule has 0 spiro atoms. The van der Waals surface area contributed by atoms with Gasteiger partial charge in [0, 0.05) is 30.0 Å². The number of aromatic nitrogens is 2. The number of carbonyl (C=O) groups excluding carboxylic acids is 1. The Bertz CT molecular complexity index is 1060. The first kappa shape index (κ1) is 16.8. The third-order valence-electron chi connectivity index (χ3n) is 4.34. The van der Waals surface area contributed by atoms with Gasteiger partial charge >= 0.3 is 0 Å². The molecule has 0 aliphatic carbocycles. The first-order chi connectivity index (χ1) is 12.6. The van der Waals surface area contributed by atoms with Gasteiger partial charge in [-0.1, -0.05) is 30.0 Å². The van der Waals surface area contributed by atoms with E-state index >= 15 is 0 Å². The lowest BCUT2D eigenvalue weighted by molar-refractivity contribution is 0.0950. The first-order valence-electron chi connectivity index (χ1n) is 8.32. The highest BCUT2D eigenvalue weighted by atomic mass is 32.2. The van der Waals surface area contributed by atoms with E-state index in [-0.39, 0.29) is 23.8 Å². The van der Waals surface area contributed by atoms with Crippen molar-refractivity contribution in [3.8, 4) is 0 Å². The van der Waals surface area contributed by atoms with Gasteiger partial charge in [0.25, 0.3) is 11.5 Å². The highest BCUT2D eigenvalue weighted by molar-refractivity contribution is 7.99. The second-order valence-electron chi connectivity index (χ2n) is 6.06. The van der Waals surface area contributed by atoms with E-state index in [0.29, 0.717) is 33.7 Å². The van der Waals surface area contributed by atoms with Gasteiger partial charge in [-0.15, -0.1) is 0 Å². The summed E-state index contributed by atoms with van der Waals surface area (Å²) in [7, 11) is 0. The van der Waals surface area contributed by atoms with Crippen LogP contribution in [0, 0.1) is 5.82 Å². The zero-order chi connectivity index (χ0) is 18.1. The van der Waals surface area contributed by atoms with Crippen LogP contribution in [0.15, 0.2) is 52.4 Å². The molecule has 1 aliphatic heterocycles. The standard InChI is InChI=1S/C19H16FN3O2S/c20-15-5-2-1-4-13(15)11-21-17(24)12-6-7-14-16(10-12)22-19-23(18(14)25)8-3-9-26-19/h1-2,4-7,10H,3,8-9,11H2,(H,21,24). The van der Waals surface area contributed by atoms with E-state index < -0.39 is 0 Å². The Morgan fingerprint density at radius 1 is 1.27 bits per heavy atom. The highest BCUT2D eigenvalue weighted by Crippen LogP contribution is 2.23. The molecule has 1 aliphatic rings. The smallest absolute Gasteiger partial charge is 0.262 e. The fourth-order valence-corrected chi connectivity index (χ4v) is 3.90. The molecular weight excluding hydrogens is 353 g/mol. The fraction of sp³-hybridized carbons (Fsp3) is 0.211. The van der Waals surface area contributed by atoms with Crippen molar-refractivity contribution in [1.82, 2.24) is 14.9 Å². The summed E-state index contributed by atoms with van der Waals surface area (Å²) >= 11 is 1.55. The number of benzene rings is 2. The van der Waals surface area contributed by atoms with Gasteiger partial charge in [-0.25, -0.2) is 9.37 Å². The molecular formula is C19H16FN3O2S. The summed E-state index contributed by atoms with van der Waals surface area (Å²) in [5.74, 6) is 0.243. The summed E-state index contributed by atoms with van der Waals surface area (Å²) in [6, 6.07) is 11.2. The van der Waals surface area contributed by atoms with Crippen LogP contribution in [-0.4, -0.2) is 21.2 Å². The van der Waals surface area contributed by atoms with Crippen molar-refractivity contribution in [2.45, 2.75) is 24.7 Å². The maximum Gasteiger partial charge on any atom is 0.262 e. The number of hydrogen-bond acceptors (Lipinski definition) is 4. The lowest BCUT2D eigenvalue weighted by Gasteiger charge is -2.17. The Kier molecular flexibility index (Phi) is 4.46. The lowest BCUT2D eigenvalue weighted by Crippen LogP contribution is -2.27. The minimum atomic E-state index is -0.357. The second kappa shape index (κ2) is 6.92. The van der Waals surface area contributed by atoms with Crippen LogP contribution in [0.5, 0.6) is 0 Å². The zero-order valence-corrected chi connectivity index (χ0v) is 14.7. The van der Waals surface area contributed by atoms with Crippen LogP contribution in [0.2, 0.25) is 0 Å². The molecule has 0 atom stereocenters. The van der Waals surface area contributed by atoms with Crippen LogP contribution in [0.1, 0.15) is 22.3 Å². The first-order valence-corrected chi connectivity index (χ1v) is 9.31. The molecule has 3 aromatic rings. The van der Waals surface area contributed by atoms with Gasteiger partial charge in [-0.2, -0.15) is 0 Å². The molecule has 7 heteroatoms. The van der Waals surface area contributed by atoms with Crippen molar-refractivity contribution in [3.05, 3.63) is 69.8 Å². The van der Waals surface area contributed by atoms with Crippen molar-refractivity contribution in [2.75, 3.05) is 5.75 Å². The van der Waals surface area contributed by atoms with E-state index in [0.717, 1.165) is 12.2 Å². The SMILES string of the molecule is O=C(NCc1ccccc1F)c1ccc2c(=O)n3c(nc2c1)SCCC3. The van der Waals surface area contributed by atoms with E-state index in [2.05, 4.69) is 10.3 Å². The van der Waals surface area contributed by atoms with E-state index in [1.165, 1.54) is 6.07 Å². The molecule has 1 N–H and O–H groups in total. The summed E-state index contributed by atoms with van der Waals surface area (Å²) < 4.78 is 15.3. The van der Waals surface area contributed by atoms with Gasteiger partial charge in [-0.3, -0.25) is 14.2 Å². The van der Waals surface area contributed by atoms with Crippen molar-refractivity contribution in [3.63, 3.8) is 0 Å². The van der Waals surface area contributed by atoms with E-state index in [4.69, 9.17) is 0 Å². The Hall–Kier alpha value is -2.67. The second-order valence-corrected chi connectivity index (χ2v) is 7.12. The molecule has 1 amide bonds. The van der Waals surface area contributed by atoms with Crippen LogP contribution in [0.4, 0.5) is 4.39 Å². The van der Waals surface area contributed by atoms with Crippen molar-refractivity contribution in [1.29, 1.82) is 0 Å². The minimum Gasteiger partial charge on any atom is -0.348 e. The Labute approximate surface area is 153 Å². The highest BCUT2D eigenvalue weighted by Gasteiger charge is 2.16. The minimum absolute atomic E-state index is 0.0736. The summed E-state index contributed by atoms with van der Waals surface area (Å²) in [5, 5.41) is 3.90. The molecule has 2 heterocycles. The van der Waals surface area contributed by atoms with E-state index in [9.17, 15) is 14.0 Å². The average molecular weight is 369 g/mol. The van der Waals surface area contributed by atoms with Crippen molar-refractivity contribution < 1.29 is 9.18 Å². The maximum absolute atomic E-state index is 13.7. The Morgan fingerprint density at radius 2 is 2.12 bits per heavy atom. The molecule has 0 unspecified atom stereocenters. The Balaban J connectivity index is 1.61. The van der Waals surface area contributed by atoms with Crippen molar-refractivity contribution >= 4 is 28.6 Å². The van der Waals surface area contributed by atoms with E-state index in [1.54, 1.807) is 52.7 Å². The van der Waals surface area contributed by atoms with Crippen LogP contribution < -0.4 is 10.9 Å². The fourth-order valence-electron chi connectivity index (χ4n) is 2.95. The average Bonchev–Trinajstić information content (AvgIpc) is 2.67. The molecule has 0 fully saturated rings. The number of amides is 1. The van der Waals surface area contributed by atoms with Crippen molar-refractivity contribution in [2.24, 2.45) is 0 Å². The molecule has 0 bridgehead atoms. The Morgan fingerprint density at radius 3 is 2.96 bits per heavy atom. The molecule has 26 heavy (non-hydrogen) atoms. The third-order valence-corrected chi connectivity index (χ3v) is 5.40. The van der Waals surface area contributed by atoms with Crippen LogP contribution >= 0.6 is 11.8 Å². The van der Waals surface area contributed by atoms with Gasteiger partial charge in [0.15, 0.2) is 5.16 Å². The monoisotopic (exact) mass is 369 g/mol. The molecule has 5 nitrogen and oxygen atoms in total. The number of hydrogen-bond donors (Lipinski definition) is 1.